The molecule has 5 nitrogen and oxygen atoms in total. The summed E-state index contributed by atoms with van der Waals surface area (Å²) in [7, 11) is 0. The highest BCUT2D eigenvalue weighted by molar-refractivity contribution is 6.30. The molecule has 2 aromatic rings. The van der Waals surface area contributed by atoms with E-state index in [0.29, 0.717) is 16.7 Å². The highest BCUT2D eigenvalue weighted by atomic mass is 35.5. The molecule has 1 aromatic carbocycles. The van der Waals surface area contributed by atoms with Crippen molar-refractivity contribution in [3.05, 3.63) is 46.2 Å². The molecule has 1 N–H and O–H groups in total. The number of rotatable bonds is 4. The van der Waals surface area contributed by atoms with Crippen LogP contribution in [0.5, 0.6) is 5.75 Å². The van der Waals surface area contributed by atoms with E-state index in [9.17, 15) is 4.79 Å². The van der Waals surface area contributed by atoms with Gasteiger partial charge < -0.3 is 4.74 Å². The van der Waals surface area contributed by atoms with Gasteiger partial charge in [-0.1, -0.05) is 11.6 Å². The second kappa shape index (κ2) is 6.96. The molecule has 0 spiro atoms. The van der Waals surface area contributed by atoms with Crippen molar-refractivity contribution in [1.29, 1.82) is 0 Å². The van der Waals surface area contributed by atoms with Crippen LogP contribution in [-0.4, -0.2) is 22.5 Å². The maximum Gasteiger partial charge on any atom is 0.264 e. The average molecular weight is 332 g/mol. The summed E-state index contributed by atoms with van der Waals surface area (Å²) < 4.78 is 5.41. The van der Waals surface area contributed by atoms with Crippen molar-refractivity contribution in [1.82, 2.24) is 9.97 Å². The van der Waals surface area contributed by atoms with E-state index in [1.54, 1.807) is 24.3 Å². The summed E-state index contributed by atoms with van der Waals surface area (Å²) in [5.41, 5.74) is 3.23. The van der Waals surface area contributed by atoms with Crippen LogP contribution < -0.4 is 10.1 Å². The van der Waals surface area contributed by atoms with Gasteiger partial charge in [0.2, 0.25) is 5.95 Å². The van der Waals surface area contributed by atoms with Gasteiger partial charge in [0.05, 0.1) is 0 Å². The number of aromatic nitrogens is 2. The van der Waals surface area contributed by atoms with Crippen LogP contribution in [-0.2, 0) is 17.6 Å². The molecule has 0 saturated carbocycles. The maximum absolute atomic E-state index is 12.0. The van der Waals surface area contributed by atoms with Gasteiger partial charge >= 0.3 is 0 Å². The first-order valence-corrected chi connectivity index (χ1v) is 8.04. The summed E-state index contributed by atoms with van der Waals surface area (Å²) in [6.45, 7) is 1.87. The fourth-order valence-corrected chi connectivity index (χ4v) is 2.80. The second-order valence-electron chi connectivity index (χ2n) is 5.56. The van der Waals surface area contributed by atoms with Crippen LogP contribution in [0, 0.1) is 6.92 Å². The van der Waals surface area contributed by atoms with Gasteiger partial charge in [0.25, 0.3) is 5.91 Å². The Morgan fingerprint density at radius 1 is 1.22 bits per heavy atom. The van der Waals surface area contributed by atoms with Crippen LogP contribution in [0.4, 0.5) is 5.95 Å². The summed E-state index contributed by atoms with van der Waals surface area (Å²) in [5, 5.41) is 3.33. The number of nitrogens with one attached hydrogen (secondary N) is 1. The summed E-state index contributed by atoms with van der Waals surface area (Å²) in [6.07, 6.45) is 4.28. The fraction of sp³-hybridized carbons (Fsp3) is 0.353. The minimum Gasteiger partial charge on any atom is -0.484 e. The van der Waals surface area contributed by atoms with E-state index < -0.39 is 0 Å². The number of fused-ring (bicyclic) bond motifs is 1. The minimum absolute atomic E-state index is 0.0961. The van der Waals surface area contributed by atoms with Crippen molar-refractivity contribution >= 4 is 23.5 Å². The van der Waals surface area contributed by atoms with E-state index in [2.05, 4.69) is 15.3 Å². The molecule has 1 amide bonds. The molecular formula is C17H18ClN3O2. The standard InChI is InChI=1S/C17H18ClN3O2/c1-11-14-4-2-3-5-15(14)20-17(19-11)21-16(22)10-23-13-8-6-12(18)7-9-13/h6-9H,2-5,10H2,1H3,(H,19,20,21,22). The van der Waals surface area contributed by atoms with Crippen molar-refractivity contribution in [2.24, 2.45) is 0 Å². The van der Waals surface area contributed by atoms with E-state index in [1.165, 1.54) is 12.0 Å². The molecule has 0 atom stereocenters. The number of anilines is 1. The second-order valence-corrected chi connectivity index (χ2v) is 5.99. The quantitative estimate of drug-likeness (QED) is 0.933. The molecule has 1 heterocycles. The Labute approximate surface area is 140 Å². The van der Waals surface area contributed by atoms with E-state index in [-0.39, 0.29) is 12.5 Å². The Kier molecular flexibility index (Phi) is 4.76. The largest absolute Gasteiger partial charge is 0.484 e. The predicted octanol–water partition coefficient (Wildman–Crippen LogP) is 3.33. The van der Waals surface area contributed by atoms with E-state index in [0.717, 1.165) is 30.7 Å². The van der Waals surface area contributed by atoms with Gasteiger partial charge in [0, 0.05) is 16.4 Å². The van der Waals surface area contributed by atoms with Crippen LogP contribution in [0.25, 0.3) is 0 Å². The van der Waals surface area contributed by atoms with Gasteiger partial charge in [-0.2, -0.15) is 0 Å². The van der Waals surface area contributed by atoms with Crippen LogP contribution in [0.1, 0.15) is 29.8 Å². The highest BCUT2D eigenvalue weighted by Crippen LogP contribution is 2.22. The summed E-state index contributed by atoms with van der Waals surface area (Å²) in [6, 6.07) is 6.86. The molecule has 0 fully saturated rings. The minimum atomic E-state index is -0.282. The molecule has 0 radical (unpaired) electrons. The molecule has 0 bridgehead atoms. The number of nitrogens with zero attached hydrogens (tertiary/aromatic N) is 2. The number of hydrogen-bond donors (Lipinski definition) is 1. The number of amides is 1. The Morgan fingerprint density at radius 3 is 2.74 bits per heavy atom. The first kappa shape index (κ1) is 15.7. The van der Waals surface area contributed by atoms with Gasteiger partial charge in [-0.15, -0.1) is 0 Å². The molecule has 1 aromatic heterocycles. The van der Waals surface area contributed by atoms with Crippen molar-refractivity contribution in [3.63, 3.8) is 0 Å². The lowest BCUT2D eigenvalue weighted by molar-refractivity contribution is -0.118. The molecule has 6 heteroatoms. The zero-order chi connectivity index (χ0) is 16.2. The van der Waals surface area contributed by atoms with Gasteiger partial charge in [-0.05, 0) is 62.4 Å². The normalized spacial score (nSPS) is 13.3. The zero-order valence-corrected chi connectivity index (χ0v) is 13.7. The number of ether oxygens (including phenoxy) is 1. The Bertz CT molecular complexity index is 717. The van der Waals surface area contributed by atoms with E-state index in [1.807, 2.05) is 6.92 Å². The number of aryl methyl sites for hydroxylation is 2. The van der Waals surface area contributed by atoms with Gasteiger partial charge in [0.1, 0.15) is 5.75 Å². The first-order chi connectivity index (χ1) is 11.1. The Balaban J connectivity index is 1.61. The third-order valence-electron chi connectivity index (χ3n) is 3.82. The number of carbonyl (C=O) groups excluding carboxylic acids is 1. The SMILES string of the molecule is Cc1nc(NC(=O)COc2ccc(Cl)cc2)nc2c1CCCC2. The number of benzene rings is 1. The molecule has 120 valence electrons. The Hall–Kier alpha value is -2.14. The third kappa shape index (κ3) is 3.99. The Morgan fingerprint density at radius 2 is 1.96 bits per heavy atom. The smallest absolute Gasteiger partial charge is 0.264 e. The number of halogens is 1. The van der Waals surface area contributed by atoms with Gasteiger partial charge in [-0.3, -0.25) is 10.1 Å². The number of hydrogen-bond acceptors (Lipinski definition) is 4. The molecule has 0 unspecified atom stereocenters. The molecule has 0 aliphatic heterocycles. The molecule has 1 aliphatic carbocycles. The molecular weight excluding hydrogens is 314 g/mol. The fourth-order valence-electron chi connectivity index (χ4n) is 2.68. The van der Waals surface area contributed by atoms with Crippen molar-refractivity contribution in [2.45, 2.75) is 32.6 Å². The van der Waals surface area contributed by atoms with Crippen LogP contribution in [0.3, 0.4) is 0 Å². The lowest BCUT2D eigenvalue weighted by atomic mass is 9.95. The van der Waals surface area contributed by atoms with Crippen molar-refractivity contribution in [2.75, 3.05) is 11.9 Å². The maximum atomic E-state index is 12.0. The summed E-state index contributed by atoms with van der Waals surface area (Å²) in [4.78, 5) is 20.8. The van der Waals surface area contributed by atoms with Crippen molar-refractivity contribution < 1.29 is 9.53 Å². The topological polar surface area (TPSA) is 64.1 Å². The van der Waals surface area contributed by atoms with Crippen LogP contribution in [0.15, 0.2) is 24.3 Å². The average Bonchev–Trinajstić information content (AvgIpc) is 2.54. The van der Waals surface area contributed by atoms with Crippen molar-refractivity contribution in [3.8, 4) is 5.75 Å². The monoisotopic (exact) mass is 331 g/mol. The van der Waals surface area contributed by atoms with E-state index >= 15 is 0 Å². The summed E-state index contributed by atoms with van der Waals surface area (Å²) in [5.74, 6) is 0.662. The van der Waals surface area contributed by atoms with Crippen LogP contribution in [0.2, 0.25) is 5.02 Å². The predicted molar refractivity (Wildman–Crippen MR) is 89.0 cm³/mol. The molecule has 3 rings (SSSR count). The van der Waals surface area contributed by atoms with Gasteiger partial charge in [0.15, 0.2) is 6.61 Å². The van der Waals surface area contributed by atoms with Crippen LogP contribution >= 0.6 is 11.6 Å². The summed E-state index contributed by atoms with van der Waals surface area (Å²) >= 11 is 5.80. The highest BCUT2D eigenvalue weighted by Gasteiger charge is 2.16. The van der Waals surface area contributed by atoms with Gasteiger partial charge in [-0.25, -0.2) is 9.97 Å². The molecule has 0 saturated heterocycles. The first-order valence-electron chi connectivity index (χ1n) is 7.66. The zero-order valence-electron chi connectivity index (χ0n) is 12.9. The third-order valence-corrected chi connectivity index (χ3v) is 4.08. The lowest BCUT2D eigenvalue weighted by Gasteiger charge is -2.17. The van der Waals surface area contributed by atoms with E-state index in [4.69, 9.17) is 16.3 Å². The number of carbonyl (C=O) groups is 1. The molecule has 1 aliphatic rings. The lowest BCUT2D eigenvalue weighted by Crippen LogP contribution is -2.23. The molecule has 23 heavy (non-hydrogen) atoms.